The van der Waals surface area contributed by atoms with Gasteiger partial charge in [-0.15, -0.1) is 0 Å². The van der Waals surface area contributed by atoms with E-state index in [0.29, 0.717) is 0 Å². The largest absolute Gasteiger partial charge is 0.478 e. The zero-order valence-corrected chi connectivity index (χ0v) is 9.55. The van der Waals surface area contributed by atoms with E-state index in [1.54, 1.807) is 0 Å². The maximum Gasteiger partial charge on any atom is 0.337 e. The third-order valence-electron chi connectivity index (χ3n) is 1.66. The lowest BCUT2D eigenvalue weighted by Gasteiger charge is -2.07. The predicted octanol–water partition coefficient (Wildman–Crippen LogP) is 1.92. The Hall–Kier alpha value is -0.780. The number of carboxylic acids is 1. The lowest BCUT2D eigenvalue weighted by atomic mass is 10.2. The zero-order valence-electron chi connectivity index (χ0n) is 7.22. The van der Waals surface area contributed by atoms with Crippen LogP contribution in [0.4, 0.5) is 0 Å². The molecule has 0 amide bonds. The molecule has 0 radical (unpaired) electrons. The number of halogens is 2. The Balaban J connectivity index is 3.45. The number of hydrogen-bond acceptors (Lipinski definition) is 3. The van der Waals surface area contributed by atoms with E-state index in [-0.39, 0.29) is 10.5 Å². The maximum absolute atomic E-state index is 11.5. The second kappa shape index (κ2) is 4.38. The fourth-order valence-corrected chi connectivity index (χ4v) is 2.49. The van der Waals surface area contributed by atoms with E-state index in [1.807, 2.05) is 0 Å². The second-order valence-corrected chi connectivity index (χ2v) is 6.22. The van der Waals surface area contributed by atoms with E-state index in [9.17, 15) is 13.2 Å². The van der Waals surface area contributed by atoms with E-state index in [4.69, 9.17) is 28.3 Å². The highest BCUT2D eigenvalue weighted by atomic mass is 35.5. The third kappa shape index (κ3) is 2.42. The molecule has 0 unspecified atom stereocenters. The molecule has 0 atom stereocenters. The van der Waals surface area contributed by atoms with Gasteiger partial charge in [0.25, 0.3) is 0 Å². The standard InChI is InChI=1S/C8H6Cl2O4S/c9-8(10)15(13,14)6-4-2-1-3-5(6)7(11)12/h1-4,8H,(H,11,12). The van der Waals surface area contributed by atoms with Gasteiger partial charge >= 0.3 is 5.97 Å². The number of benzene rings is 1. The lowest BCUT2D eigenvalue weighted by Crippen LogP contribution is -2.14. The summed E-state index contributed by atoms with van der Waals surface area (Å²) in [5, 5.41) is 8.76. The molecule has 0 aliphatic carbocycles. The minimum Gasteiger partial charge on any atom is -0.478 e. The number of hydrogen-bond donors (Lipinski definition) is 1. The first-order valence-electron chi connectivity index (χ1n) is 3.71. The van der Waals surface area contributed by atoms with Gasteiger partial charge in [-0.25, -0.2) is 13.2 Å². The van der Waals surface area contributed by atoms with Gasteiger partial charge in [-0.1, -0.05) is 35.3 Å². The minimum absolute atomic E-state index is 0.344. The molecule has 0 aromatic heterocycles. The molecule has 0 heterocycles. The van der Waals surface area contributed by atoms with Crippen LogP contribution in [0.25, 0.3) is 0 Å². The summed E-state index contributed by atoms with van der Waals surface area (Å²) in [5.74, 6) is -1.34. The van der Waals surface area contributed by atoms with Crippen LogP contribution >= 0.6 is 23.2 Å². The normalized spacial score (nSPS) is 11.7. The molecule has 0 spiro atoms. The van der Waals surface area contributed by atoms with Crippen LogP contribution in [0.3, 0.4) is 0 Å². The number of aromatic carboxylic acids is 1. The van der Waals surface area contributed by atoms with E-state index < -0.39 is 20.0 Å². The van der Waals surface area contributed by atoms with Crippen molar-refractivity contribution in [2.24, 2.45) is 0 Å². The minimum atomic E-state index is -4.00. The fourth-order valence-electron chi connectivity index (χ4n) is 0.987. The van der Waals surface area contributed by atoms with Crippen LogP contribution in [0, 0.1) is 0 Å². The summed E-state index contributed by atoms with van der Waals surface area (Å²) in [6, 6.07) is 5.14. The van der Waals surface area contributed by atoms with Crippen molar-refractivity contribution in [1.29, 1.82) is 0 Å². The smallest absolute Gasteiger partial charge is 0.337 e. The van der Waals surface area contributed by atoms with Crippen LogP contribution < -0.4 is 0 Å². The van der Waals surface area contributed by atoms with Crippen molar-refractivity contribution in [2.45, 2.75) is 9.06 Å². The van der Waals surface area contributed by atoms with Gasteiger partial charge in [-0.2, -0.15) is 0 Å². The molecule has 0 aliphatic rings. The van der Waals surface area contributed by atoms with Crippen molar-refractivity contribution >= 4 is 39.0 Å². The molecule has 1 N–H and O–H groups in total. The SMILES string of the molecule is O=C(O)c1ccccc1S(=O)(=O)C(Cl)Cl. The first-order valence-corrected chi connectivity index (χ1v) is 6.13. The Morgan fingerprint density at radius 3 is 2.27 bits per heavy atom. The molecule has 82 valence electrons. The summed E-state index contributed by atoms with van der Waals surface area (Å²) < 4.78 is 21.4. The van der Waals surface area contributed by atoms with Gasteiger partial charge in [0, 0.05) is 0 Å². The van der Waals surface area contributed by atoms with Crippen LogP contribution in [0.5, 0.6) is 0 Å². The van der Waals surface area contributed by atoms with Gasteiger partial charge in [0.15, 0.2) is 0 Å². The van der Waals surface area contributed by atoms with Gasteiger partial charge in [0.05, 0.1) is 10.5 Å². The predicted molar refractivity (Wildman–Crippen MR) is 56.1 cm³/mol. The molecule has 0 saturated heterocycles. The molecular weight excluding hydrogens is 263 g/mol. The molecule has 4 nitrogen and oxygen atoms in total. The van der Waals surface area contributed by atoms with Crippen LogP contribution in [0.15, 0.2) is 29.2 Å². The van der Waals surface area contributed by atoms with E-state index in [2.05, 4.69) is 0 Å². The monoisotopic (exact) mass is 268 g/mol. The van der Waals surface area contributed by atoms with Crippen molar-refractivity contribution in [3.05, 3.63) is 29.8 Å². The summed E-state index contributed by atoms with van der Waals surface area (Å²) in [6.45, 7) is 0. The highest BCUT2D eigenvalue weighted by Crippen LogP contribution is 2.24. The van der Waals surface area contributed by atoms with Gasteiger partial charge in [-0.3, -0.25) is 0 Å². The molecule has 15 heavy (non-hydrogen) atoms. The second-order valence-electron chi connectivity index (χ2n) is 2.61. The highest BCUT2D eigenvalue weighted by Gasteiger charge is 2.27. The van der Waals surface area contributed by atoms with E-state index in [1.165, 1.54) is 18.2 Å². The van der Waals surface area contributed by atoms with E-state index in [0.717, 1.165) is 6.07 Å². The number of carboxylic acid groups (broad SMARTS) is 1. The fraction of sp³-hybridized carbons (Fsp3) is 0.125. The van der Waals surface area contributed by atoms with E-state index >= 15 is 0 Å². The molecular formula is C8H6Cl2O4S. The molecule has 0 saturated carbocycles. The number of alkyl halides is 2. The molecule has 7 heteroatoms. The highest BCUT2D eigenvalue weighted by molar-refractivity contribution is 7.94. The number of carbonyl (C=O) groups is 1. The molecule has 0 bridgehead atoms. The first-order chi connectivity index (χ1) is 6.87. The Morgan fingerprint density at radius 2 is 1.80 bits per heavy atom. The lowest BCUT2D eigenvalue weighted by molar-refractivity contribution is 0.0692. The van der Waals surface area contributed by atoms with Crippen molar-refractivity contribution in [3.63, 3.8) is 0 Å². The molecule has 1 rings (SSSR count). The van der Waals surface area contributed by atoms with Gasteiger partial charge in [-0.05, 0) is 12.1 Å². The van der Waals surface area contributed by atoms with Gasteiger partial charge in [0.2, 0.25) is 14.0 Å². The quantitative estimate of drug-likeness (QED) is 0.851. The third-order valence-corrected chi connectivity index (χ3v) is 4.50. The molecule has 1 aromatic rings. The topological polar surface area (TPSA) is 71.4 Å². The summed E-state index contributed by atoms with van der Waals surface area (Å²) in [4.78, 5) is 10.4. The summed E-state index contributed by atoms with van der Waals surface area (Å²) >= 11 is 10.5. The average molecular weight is 269 g/mol. The maximum atomic E-state index is 11.5. The average Bonchev–Trinajstić information content (AvgIpc) is 2.17. The van der Waals surface area contributed by atoms with Crippen LogP contribution in [-0.2, 0) is 9.84 Å². The molecule has 0 fully saturated rings. The van der Waals surface area contributed by atoms with Crippen LogP contribution in [-0.4, -0.2) is 23.7 Å². The number of sulfone groups is 1. The number of rotatable bonds is 3. The summed E-state index contributed by atoms with van der Waals surface area (Å²) in [7, 11) is -4.00. The van der Waals surface area contributed by atoms with Crippen molar-refractivity contribution in [3.8, 4) is 0 Å². The Bertz CT molecular complexity index is 481. The summed E-state index contributed by atoms with van der Waals surface area (Å²) in [6.07, 6.45) is 0. The Labute approximate surface area is 96.3 Å². The first kappa shape index (κ1) is 12.3. The zero-order chi connectivity index (χ0) is 11.6. The van der Waals surface area contributed by atoms with Gasteiger partial charge in [0.1, 0.15) is 0 Å². The summed E-state index contributed by atoms with van der Waals surface area (Å²) in [5.41, 5.74) is -0.344. The van der Waals surface area contributed by atoms with Crippen molar-refractivity contribution < 1.29 is 18.3 Å². The van der Waals surface area contributed by atoms with Gasteiger partial charge < -0.3 is 5.11 Å². The molecule has 0 aliphatic heterocycles. The Morgan fingerprint density at radius 1 is 1.27 bits per heavy atom. The molecule has 1 aromatic carbocycles. The van der Waals surface area contributed by atoms with Crippen molar-refractivity contribution in [2.75, 3.05) is 0 Å². The van der Waals surface area contributed by atoms with Crippen molar-refractivity contribution in [1.82, 2.24) is 0 Å². The van der Waals surface area contributed by atoms with Crippen LogP contribution in [0.1, 0.15) is 10.4 Å². The van der Waals surface area contributed by atoms with Crippen LogP contribution in [0.2, 0.25) is 0 Å². The Kier molecular flexibility index (Phi) is 3.59.